The van der Waals surface area contributed by atoms with Crippen LogP contribution in [0.5, 0.6) is 5.75 Å². The summed E-state index contributed by atoms with van der Waals surface area (Å²) >= 11 is 0. The van der Waals surface area contributed by atoms with Gasteiger partial charge in [-0.3, -0.25) is 4.98 Å². The average molecular weight is 209 g/mol. The number of nitrogens with zero attached hydrogens (tertiary/aromatic N) is 1. The summed E-state index contributed by atoms with van der Waals surface area (Å²) in [5, 5.41) is 8.81. The molecule has 4 heteroatoms. The maximum absolute atomic E-state index is 8.81. The minimum atomic E-state index is -0.0357. The van der Waals surface area contributed by atoms with Crippen LogP contribution in [0.4, 0.5) is 0 Å². The number of hydrogen-bond acceptors (Lipinski definition) is 4. The van der Waals surface area contributed by atoms with Crippen LogP contribution in [0, 0.1) is 0 Å². The smallest absolute Gasteiger partial charge is 0.137 e. The van der Waals surface area contributed by atoms with Gasteiger partial charge in [0.2, 0.25) is 0 Å². The first-order valence-electron chi connectivity index (χ1n) is 5.18. The first-order chi connectivity index (χ1) is 7.38. The molecule has 1 N–H and O–H groups in total. The summed E-state index contributed by atoms with van der Waals surface area (Å²) in [4.78, 5) is 4.03. The quantitative estimate of drug-likeness (QED) is 0.807. The van der Waals surface area contributed by atoms with Crippen molar-refractivity contribution >= 4 is 0 Å². The molecule has 4 nitrogen and oxygen atoms in total. The van der Waals surface area contributed by atoms with Crippen molar-refractivity contribution in [2.75, 3.05) is 13.2 Å². The standard InChI is InChI=1S/C11H15NO3/c13-7-9-3-4-10(6-12-9)15-8-11-2-1-5-14-11/h3-4,6,11,13H,1-2,5,7-8H2. The van der Waals surface area contributed by atoms with E-state index in [0.29, 0.717) is 12.3 Å². The van der Waals surface area contributed by atoms with Gasteiger partial charge in [0, 0.05) is 6.61 Å². The van der Waals surface area contributed by atoms with Gasteiger partial charge in [-0.15, -0.1) is 0 Å². The van der Waals surface area contributed by atoms with E-state index in [2.05, 4.69) is 4.98 Å². The van der Waals surface area contributed by atoms with E-state index in [9.17, 15) is 0 Å². The van der Waals surface area contributed by atoms with E-state index >= 15 is 0 Å². The molecular formula is C11H15NO3. The van der Waals surface area contributed by atoms with Crippen molar-refractivity contribution in [1.29, 1.82) is 0 Å². The summed E-state index contributed by atoms with van der Waals surface area (Å²) in [5.41, 5.74) is 0.652. The first kappa shape index (κ1) is 10.4. The Balaban J connectivity index is 1.82. The molecule has 15 heavy (non-hydrogen) atoms. The molecule has 0 radical (unpaired) electrons. The highest BCUT2D eigenvalue weighted by Crippen LogP contribution is 2.15. The minimum absolute atomic E-state index is 0.0357. The summed E-state index contributed by atoms with van der Waals surface area (Å²) in [7, 11) is 0. The van der Waals surface area contributed by atoms with E-state index < -0.39 is 0 Å². The zero-order valence-corrected chi connectivity index (χ0v) is 8.56. The Morgan fingerprint density at radius 1 is 1.53 bits per heavy atom. The predicted octanol–water partition coefficient (Wildman–Crippen LogP) is 1.13. The second-order valence-corrected chi connectivity index (χ2v) is 3.59. The van der Waals surface area contributed by atoms with Gasteiger partial charge < -0.3 is 14.6 Å². The van der Waals surface area contributed by atoms with Crippen LogP contribution in [-0.4, -0.2) is 29.4 Å². The normalized spacial score (nSPS) is 20.5. The number of pyridine rings is 1. The number of aliphatic hydroxyl groups is 1. The zero-order valence-electron chi connectivity index (χ0n) is 8.56. The van der Waals surface area contributed by atoms with Crippen LogP contribution in [0.15, 0.2) is 18.3 Å². The number of aromatic nitrogens is 1. The van der Waals surface area contributed by atoms with E-state index in [1.165, 1.54) is 0 Å². The summed E-state index contributed by atoms with van der Waals surface area (Å²) in [6, 6.07) is 3.57. The molecule has 2 heterocycles. The molecule has 2 rings (SSSR count). The lowest BCUT2D eigenvalue weighted by atomic mass is 10.2. The van der Waals surface area contributed by atoms with Crippen molar-refractivity contribution in [3.8, 4) is 5.75 Å². The second kappa shape index (κ2) is 5.09. The van der Waals surface area contributed by atoms with Crippen LogP contribution in [-0.2, 0) is 11.3 Å². The number of ether oxygens (including phenoxy) is 2. The Morgan fingerprint density at radius 2 is 2.47 bits per heavy atom. The molecule has 0 aliphatic carbocycles. The Kier molecular flexibility index (Phi) is 3.53. The van der Waals surface area contributed by atoms with Gasteiger partial charge in [0.05, 0.1) is 24.6 Å². The van der Waals surface area contributed by atoms with E-state index in [0.717, 1.165) is 25.2 Å². The SMILES string of the molecule is OCc1ccc(OCC2CCCO2)cn1. The van der Waals surface area contributed by atoms with E-state index in [4.69, 9.17) is 14.6 Å². The third kappa shape index (κ3) is 2.91. The lowest BCUT2D eigenvalue weighted by Gasteiger charge is -2.11. The Bertz CT molecular complexity index is 293. The van der Waals surface area contributed by atoms with Crippen LogP contribution in [0.2, 0.25) is 0 Å². The Morgan fingerprint density at radius 3 is 3.07 bits per heavy atom. The van der Waals surface area contributed by atoms with Crippen molar-refractivity contribution < 1.29 is 14.6 Å². The van der Waals surface area contributed by atoms with Crippen molar-refractivity contribution in [3.63, 3.8) is 0 Å². The molecule has 1 unspecified atom stereocenters. The molecule has 1 aromatic heterocycles. The summed E-state index contributed by atoms with van der Waals surface area (Å²) < 4.78 is 11.0. The van der Waals surface area contributed by atoms with Gasteiger partial charge in [0.1, 0.15) is 12.4 Å². The highest BCUT2D eigenvalue weighted by atomic mass is 16.5. The van der Waals surface area contributed by atoms with Crippen LogP contribution in [0.25, 0.3) is 0 Å². The number of rotatable bonds is 4. The van der Waals surface area contributed by atoms with Crippen molar-refractivity contribution in [3.05, 3.63) is 24.0 Å². The molecule has 1 fully saturated rings. The fraction of sp³-hybridized carbons (Fsp3) is 0.545. The maximum atomic E-state index is 8.81. The fourth-order valence-corrected chi connectivity index (χ4v) is 1.55. The van der Waals surface area contributed by atoms with Crippen molar-refractivity contribution in [1.82, 2.24) is 4.98 Å². The highest BCUT2D eigenvalue weighted by Gasteiger charge is 2.15. The summed E-state index contributed by atoms with van der Waals surface area (Å²) in [6.45, 7) is 1.39. The maximum Gasteiger partial charge on any atom is 0.137 e. The van der Waals surface area contributed by atoms with E-state index in [1.54, 1.807) is 12.3 Å². The first-order valence-corrected chi connectivity index (χ1v) is 5.18. The van der Waals surface area contributed by atoms with Crippen LogP contribution in [0.1, 0.15) is 18.5 Å². The van der Waals surface area contributed by atoms with Crippen LogP contribution in [0.3, 0.4) is 0 Å². The highest BCUT2D eigenvalue weighted by molar-refractivity contribution is 5.19. The molecule has 82 valence electrons. The molecule has 1 atom stereocenters. The molecule has 0 saturated carbocycles. The largest absolute Gasteiger partial charge is 0.489 e. The van der Waals surface area contributed by atoms with Gasteiger partial charge in [-0.2, -0.15) is 0 Å². The van der Waals surface area contributed by atoms with Gasteiger partial charge in [-0.1, -0.05) is 0 Å². The lowest BCUT2D eigenvalue weighted by Crippen LogP contribution is -2.16. The molecular weight excluding hydrogens is 194 g/mol. The lowest BCUT2D eigenvalue weighted by molar-refractivity contribution is 0.0678. The van der Waals surface area contributed by atoms with E-state index in [1.807, 2.05) is 6.07 Å². The molecule has 0 amide bonds. The van der Waals surface area contributed by atoms with Crippen molar-refractivity contribution in [2.24, 2.45) is 0 Å². The third-order valence-electron chi connectivity index (χ3n) is 2.42. The average Bonchev–Trinajstić information content (AvgIpc) is 2.80. The van der Waals surface area contributed by atoms with Crippen molar-refractivity contribution in [2.45, 2.75) is 25.6 Å². The Hall–Kier alpha value is -1.13. The molecule has 0 bridgehead atoms. The molecule has 1 aliphatic heterocycles. The minimum Gasteiger partial charge on any atom is -0.489 e. The van der Waals surface area contributed by atoms with E-state index in [-0.39, 0.29) is 12.7 Å². The monoisotopic (exact) mass is 209 g/mol. The number of aliphatic hydroxyl groups excluding tert-OH is 1. The topological polar surface area (TPSA) is 51.6 Å². The molecule has 0 spiro atoms. The summed E-state index contributed by atoms with van der Waals surface area (Å²) in [6.07, 6.45) is 4.04. The Labute approximate surface area is 88.9 Å². The second-order valence-electron chi connectivity index (χ2n) is 3.59. The molecule has 1 aliphatic rings. The third-order valence-corrected chi connectivity index (χ3v) is 2.42. The van der Waals surface area contributed by atoms with Gasteiger partial charge in [0.25, 0.3) is 0 Å². The predicted molar refractivity (Wildman–Crippen MR) is 54.6 cm³/mol. The molecule has 1 aromatic rings. The van der Waals surface area contributed by atoms with Gasteiger partial charge in [0.15, 0.2) is 0 Å². The molecule has 0 aromatic carbocycles. The van der Waals surface area contributed by atoms with Gasteiger partial charge in [-0.25, -0.2) is 0 Å². The molecule has 1 saturated heterocycles. The van der Waals surface area contributed by atoms with Gasteiger partial charge >= 0.3 is 0 Å². The van der Waals surface area contributed by atoms with Crippen LogP contribution >= 0.6 is 0 Å². The number of hydrogen-bond donors (Lipinski definition) is 1. The van der Waals surface area contributed by atoms with Crippen LogP contribution < -0.4 is 4.74 Å². The summed E-state index contributed by atoms with van der Waals surface area (Å²) in [5.74, 6) is 0.725. The van der Waals surface area contributed by atoms with Gasteiger partial charge in [-0.05, 0) is 25.0 Å². The zero-order chi connectivity index (χ0) is 10.5. The fourth-order valence-electron chi connectivity index (χ4n) is 1.55.